The minimum absolute atomic E-state index is 0.197. The molecule has 1 nitrogen and oxygen atoms in total. The molecule has 9 aromatic carbocycles. The van der Waals surface area contributed by atoms with Crippen molar-refractivity contribution in [3.63, 3.8) is 0 Å². The first kappa shape index (κ1) is 36.8. The number of hydrogen-bond acceptors (Lipinski definition) is 1. The summed E-state index contributed by atoms with van der Waals surface area (Å²) in [5.74, 6) is 0. The maximum atomic E-state index is 2.41. The van der Waals surface area contributed by atoms with E-state index in [0.29, 0.717) is 0 Å². The van der Waals surface area contributed by atoms with Crippen molar-refractivity contribution in [1.29, 1.82) is 0 Å². The molecular weight excluding hydrogens is 723 g/mol. The number of anilines is 3. The maximum Gasteiger partial charge on any atom is 0.0465 e. The van der Waals surface area contributed by atoms with Crippen molar-refractivity contribution in [3.05, 3.63) is 247 Å². The second-order valence-corrected chi connectivity index (χ2v) is 16.1. The summed E-state index contributed by atoms with van der Waals surface area (Å²) in [5, 5.41) is 0. The van der Waals surface area contributed by atoms with Crippen LogP contribution in [0.2, 0.25) is 0 Å². The molecule has 0 spiro atoms. The van der Waals surface area contributed by atoms with E-state index >= 15 is 0 Å². The number of para-hydroxylation sites is 2. The average molecular weight is 768 g/mol. The van der Waals surface area contributed by atoms with Gasteiger partial charge in [0.2, 0.25) is 0 Å². The number of hydrogen-bond donors (Lipinski definition) is 0. The molecule has 60 heavy (non-hydrogen) atoms. The largest absolute Gasteiger partial charge is 0.310 e. The van der Waals surface area contributed by atoms with Crippen LogP contribution in [0.5, 0.6) is 0 Å². The molecule has 0 fully saturated rings. The standard InChI is InChI=1S/C59H45N/c1-59(2)54-39-42(34-37-51(54)52-38-36-50(41-55(52)59)60(48-29-17-7-18-30-48)49-31-19-8-20-32-49)33-35-47-40-53(43-21-9-3-10-22-43)57(45-25-13-5-14-26-45)58(46-27-15-6-16-28-46)56(47)44-23-11-4-12-24-44/h3-41H,1-2H3. The minimum Gasteiger partial charge on any atom is -0.310 e. The van der Waals surface area contributed by atoms with Crippen molar-refractivity contribution in [2.45, 2.75) is 19.3 Å². The highest BCUT2D eigenvalue weighted by molar-refractivity contribution is 6.05. The molecule has 0 radical (unpaired) electrons. The highest BCUT2D eigenvalue weighted by atomic mass is 15.1. The van der Waals surface area contributed by atoms with Crippen LogP contribution >= 0.6 is 0 Å². The Hall–Kier alpha value is -7.48. The third kappa shape index (κ3) is 6.75. The summed E-state index contributed by atoms with van der Waals surface area (Å²) in [4.78, 5) is 2.36. The lowest BCUT2D eigenvalue weighted by Crippen LogP contribution is -2.16. The molecule has 10 rings (SSSR count). The first-order valence-corrected chi connectivity index (χ1v) is 20.8. The van der Waals surface area contributed by atoms with Crippen LogP contribution in [-0.4, -0.2) is 0 Å². The smallest absolute Gasteiger partial charge is 0.0465 e. The SMILES string of the molecule is CC1(C)c2cc(C=Cc3cc(-c4ccccc4)c(-c4ccccc4)c(-c4ccccc4)c3-c3ccccc3)ccc2-c2ccc(N(c3ccccc3)c3ccccc3)cc21. The van der Waals surface area contributed by atoms with Crippen molar-refractivity contribution in [1.82, 2.24) is 0 Å². The molecule has 9 aromatic rings. The summed E-state index contributed by atoms with van der Waals surface area (Å²) in [5.41, 5.74) is 20.6. The molecular formula is C59H45N. The lowest BCUT2D eigenvalue weighted by molar-refractivity contribution is 0.660. The van der Waals surface area contributed by atoms with Crippen LogP contribution in [0.25, 0.3) is 67.8 Å². The van der Waals surface area contributed by atoms with Gasteiger partial charge in [0.1, 0.15) is 0 Å². The molecule has 286 valence electrons. The Morgan fingerprint density at radius 3 is 1.30 bits per heavy atom. The summed E-state index contributed by atoms with van der Waals surface area (Å²) in [7, 11) is 0. The molecule has 0 heterocycles. The molecule has 0 aromatic heterocycles. The quantitative estimate of drug-likeness (QED) is 0.132. The molecule has 0 saturated carbocycles. The van der Waals surface area contributed by atoms with Gasteiger partial charge in [-0.05, 0) is 120 Å². The fourth-order valence-corrected chi connectivity index (χ4v) is 9.17. The number of nitrogens with zero attached hydrogens (tertiary/aromatic N) is 1. The second-order valence-electron chi connectivity index (χ2n) is 16.1. The lowest BCUT2D eigenvalue weighted by Gasteiger charge is -2.28. The zero-order chi connectivity index (χ0) is 40.5. The van der Waals surface area contributed by atoms with E-state index in [9.17, 15) is 0 Å². The minimum atomic E-state index is -0.197. The van der Waals surface area contributed by atoms with E-state index in [1.165, 1.54) is 77.9 Å². The number of rotatable bonds is 9. The van der Waals surface area contributed by atoms with Crippen LogP contribution in [0.4, 0.5) is 17.1 Å². The fraction of sp³-hybridized carbons (Fsp3) is 0.0508. The van der Waals surface area contributed by atoms with Gasteiger partial charge in [-0.15, -0.1) is 0 Å². The highest BCUT2D eigenvalue weighted by Gasteiger charge is 2.36. The topological polar surface area (TPSA) is 3.24 Å². The number of fused-ring (bicyclic) bond motifs is 3. The van der Waals surface area contributed by atoms with E-state index in [4.69, 9.17) is 0 Å². The van der Waals surface area contributed by atoms with E-state index in [2.05, 4.69) is 255 Å². The Bertz CT molecular complexity index is 2910. The van der Waals surface area contributed by atoms with Crippen molar-refractivity contribution >= 4 is 29.2 Å². The van der Waals surface area contributed by atoms with Crippen molar-refractivity contribution in [3.8, 4) is 55.6 Å². The zero-order valence-electron chi connectivity index (χ0n) is 34.0. The third-order valence-electron chi connectivity index (χ3n) is 12.1. The molecule has 0 unspecified atom stereocenters. The van der Waals surface area contributed by atoms with Gasteiger partial charge in [0, 0.05) is 22.5 Å². The van der Waals surface area contributed by atoms with Gasteiger partial charge < -0.3 is 4.90 Å². The first-order chi connectivity index (χ1) is 29.5. The molecule has 0 aliphatic heterocycles. The Labute approximate surface area is 354 Å². The fourth-order valence-electron chi connectivity index (χ4n) is 9.17. The first-order valence-electron chi connectivity index (χ1n) is 20.8. The molecule has 0 bridgehead atoms. The van der Waals surface area contributed by atoms with Gasteiger partial charge in [-0.2, -0.15) is 0 Å². The van der Waals surface area contributed by atoms with Gasteiger partial charge in [0.05, 0.1) is 0 Å². The molecule has 0 amide bonds. The molecule has 1 aliphatic carbocycles. The molecule has 0 atom stereocenters. The molecule has 1 heteroatoms. The normalized spacial score (nSPS) is 12.6. The highest BCUT2D eigenvalue weighted by Crippen LogP contribution is 2.52. The van der Waals surface area contributed by atoms with E-state index < -0.39 is 0 Å². The summed E-state index contributed by atoms with van der Waals surface area (Å²) >= 11 is 0. The zero-order valence-corrected chi connectivity index (χ0v) is 34.0. The van der Waals surface area contributed by atoms with Gasteiger partial charge >= 0.3 is 0 Å². The van der Waals surface area contributed by atoms with Crippen molar-refractivity contribution in [2.75, 3.05) is 4.90 Å². The second kappa shape index (κ2) is 15.7. The Balaban J connectivity index is 1.11. The van der Waals surface area contributed by atoms with Crippen molar-refractivity contribution in [2.24, 2.45) is 0 Å². The molecule has 1 aliphatic rings. The van der Waals surface area contributed by atoms with Crippen LogP contribution in [0.3, 0.4) is 0 Å². The van der Waals surface area contributed by atoms with Gasteiger partial charge in [0.15, 0.2) is 0 Å². The number of benzene rings is 9. The molecule has 0 saturated heterocycles. The van der Waals surface area contributed by atoms with Crippen LogP contribution < -0.4 is 4.90 Å². The Morgan fingerprint density at radius 1 is 0.333 bits per heavy atom. The summed E-state index contributed by atoms with van der Waals surface area (Å²) in [6.07, 6.45) is 4.65. The van der Waals surface area contributed by atoms with E-state index in [-0.39, 0.29) is 5.41 Å². The van der Waals surface area contributed by atoms with Gasteiger partial charge in [-0.1, -0.05) is 208 Å². The van der Waals surface area contributed by atoms with Gasteiger partial charge in [-0.3, -0.25) is 0 Å². The van der Waals surface area contributed by atoms with Crippen LogP contribution in [0.1, 0.15) is 36.1 Å². The lowest BCUT2D eigenvalue weighted by atomic mass is 9.80. The van der Waals surface area contributed by atoms with Crippen LogP contribution in [-0.2, 0) is 5.41 Å². The Morgan fingerprint density at radius 2 is 0.767 bits per heavy atom. The van der Waals surface area contributed by atoms with E-state index in [0.717, 1.165) is 17.1 Å². The summed E-state index contributed by atoms with van der Waals surface area (Å²) in [6.45, 7) is 4.75. The van der Waals surface area contributed by atoms with Crippen LogP contribution in [0.15, 0.2) is 224 Å². The summed E-state index contributed by atoms with van der Waals surface area (Å²) in [6, 6.07) is 81.3. The van der Waals surface area contributed by atoms with E-state index in [1.807, 2.05) is 0 Å². The third-order valence-corrected chi connectivity index (χ3v) is 12.1. The monoisotopic (exact) mass is 767 g/mol. The van der Waals surface area contributed by atoms with E-state index in [1.54, 1.807) is 0 Å². The Kier molecular flexibility index (Phi) is 9.64. The summed E-state index contributed by atoms with van der Waals surface area (Å²) < 4.78 is 0. The predicted octanol–water partition coefficient (Wildman–Crippen LogP) is 16.3. The van der Waals surface area contributed by atoms with Gasteiger partial charge in [-0.25, -0.2) is 0 Å². The maximum absolute atomic E-state index is 2.41. The van der Waals surface area contributed by atoms with Gasteiger partial charge in [0.25, 0.3) is 0 Å². The molecule has 0 N–H and O–H groups in total. The van der Waals surface area contributed by atoms with Crippen LogP contribution in [0, 0.1) is 0 Å². The predicted molar refractivity (Wildman–Crippen MR) is 256 cm³/mol. The van der Waals surface area contributed by atoms with Crippen molar-refractivity contribution < 1.29 is 0 Å². The average Bonchev–Trinajstić information content (AvgIpc) is 3.54.